The number of ketones is 1. The van der Waals surface area contributed by atoms with Gasteiger partial charge in [-0.1, -0.05) is 30.7 Å². The molecule has 0 aromatic heterocycles. The minimum Gasteiger partial charge on any atom is -0.465 e. The Morgan fingerprint density at radius 1 is 1.28 bits per heavy atom. The molecule has 0 aliphatic rings. The van der Waals surface area contributed by atoms with Crippen LogP contribution in [0.2, 0.25) is 5.02 Å². The molecule has 0 radical (unpaired) electrons. The molecule has 0 spiro atoms. The minimum atomic E-state index is -0.758. The van der Waals surface area contributed by atoms with Gasteiger partial charge < -0.3 is 4.74 Å². The van der Waals surface area contributed by atoms with Gasteiger partial charge in [-0.2, -0.15) is 0 Å². The molecule has 3 nitrogen and oxygen atoms in total. The number of esters is 1. The average Bonchev–Trinajstić information content (AvgIpc) is 2.29. The highest BCUT2D eigenvalue weighted by molar-refractivity contribution is 6.30. The Morgan fingerprint density at radius 3 is 2.28 bits per heavy atom. The fraction of sp³-hybridized carbons (Fsp3) is 0.429. The van der Waals surface area contributed by atoms with Crippen molar-refractivity contribution in [3.63, 3.8) is 0 Å². The van der Waals surface area contributed by atoms with Gasteiger partial charge in [0.15, 0.2) is 0 Å². The van der Waals surface area contributed by atoms with Crippen LogP contribution in [0.25, 0.3) is 0 Å². The Balaban J connectivity index is 2.95. The zero-order valence-corrected chi connectivity index (χ0v) is 11.5. The first-order valence-corrected chi connectivity index (χ1v) is 6.27. The van der Waals surface area contributed by atoms with Gasteiger partial charge in [0.05, 0.1) is 6.61 Å². The lowest BCUT2D eigenvalue weighted by Crippen LogP contribution is -2.29. The van der Waals surface area contributed by atoms with Gasteiger partial charge in [0, 0.05) is 10.9 Å². The van der Waals surface area contributed by atoms with E-state index in [0.29, 0.717) is 5.02 Å². The van der Waals surface area contributed by atoms with Crippen molar-refractivity contribution in [2.24, 2.45) is 5.92 Å². The molecule has 0 fully saturated rings. The number of hydrogen-bond acceptors (Lipinski definition) is 3. The maximum absolute atomic E-state index is 11.8. The largest absolute Gasteiger partial charge is 0.465 e. The highest BCUT2D eigenvalue weighted by Gasteiger charge is 2.31. The van der Waals surface area contributed by atoms with Gasteiger partial charge in [0.1, 0.15) is 11.7 Å². The minimum absolute atomic E-state index is 0.184. The zero-order valence-electron chi connectivity index (χ0n) is 10.8. The lowest BCUT2D eigenvalue weighted by molar-refractivity contribution is -0.151. The molecule has 0 aliphatic heterocycles. The summed E-state index contributed by atoms with van der Waals surface area (Å²) in [6.07, 6.45) is 0. The van der Waals surface area contributed by atoms with Crippen LogP contribution in [0, 0.1) is 5.92 Å². The van der Waals surface area contributed by atoms with E-state index in [-0.39, 0.29) is 18.3 Å². The predicted octanol–water partition coefficient (Wildman–Crippen LogP) is 3.21. The van der Waals surface area contributed by atoms with Crippen LogP contribution in [0.3, 0.4) is 0 Å². The number of carbonyl (C=O) groups excluding carboxylic acids is 2. The third-order valence-corrected chi connectivity index (χ3v) is 3.13. The molecule has 0 bridgehead atoms. The second-order valence-electron chi connectivity index (χ2n) is 4.18. The molecular weight excluding hydrogens is 252 g/mol. The van der Waals surface area contributed by atoms with Crippen molar-refractivity contribution in [1.82, 2.24) is 0 Å². The summed E-state index contributed by atoms with van der Waals surface area (Å²) in [7, 11) is 0. The first-order chi connectivity index (χ1) is 8.47. The normalized spacial score (nSPS) is 13.8. The summed E-state index contributed by atoms with van der Waals surface area (Å²) in [5.41, 5.74) is 0.896. The van der Waals surface area contributed by atoms with Crippen LogP contribution in [0.5, 0.6) is 0 Å². The number of halogens is 1. The van der Waals surface area contributed by atoms with Crippen LogP contribution < -0.4 is 0 Å². The summed E-state index contributed by atoms with van der Waals surface area (Å²) in [5, 5.41) is 0.626. The Kier molecular flexibility index (Phi) is 5.35. The van der Waals surface area contributed by atoms with Crippen molar-refractivity contribution < 1.29 is 14.3 Å². The van der Waals surface area contributed by atoms with Gasteiger partial charge in [-0.3, -0.25) is 9.59 Å². The fourth-order valence-electron chi connectivity index (χ4n) is 1.91. The Hall–Kier alpha value is -1.35. The molecule has 2 atom stereocenters. The number of benzene rings is 1. The van der Waals surface area contributed by atoms with Gasteiger partial charge in [0.2, 0.25) is 0 Å². The molecule has 0 aliphatic carbocycles. The maximum atomic E-state index is 11.8. The van der Waals surface area contributed by atoms with E-state index in [1.807, 2.05) is 19.1 Å². The first kappa shape index (κ1) is 14.7. The summed E-state index contributed by atoms with van der Waals surface area (Å²) >= 11 is 5.81. The molecule has 0 amide bonds. The van der Waals surface area contributed by atoms with E-state index in [1.165, 1.54) is 6.92 Å². The highest BCUT2D eigenvalue weighted by Crippen LogP contribution is 2.27. The predicted molar refractivity (Wildman–Crippen MR) is 70.7 cm³/mol. The van der Waals surface area contributed by atoms with E-state index in [1.54, 1.807) is 19.1 Å². The number of rotatable bonds is 5. The second kappa shape index (κ2) is 6.55. The van der Waals surface area contributed by atoms with Gasteiger partial charge in [-0.25, -0.2) is 0 Å². The lowest BCUT2D eigenvalue weighted by Gasteiger charge is -2.20. The van der Waals surface area contributed by atoms with Gasteiger partial charge in [-0.05, 0) is 31.5 Å². The standard InChI is InChI=1S/C14H17ClO3/c1-4-18-14(17)13(10(3)16)9(2)11-5-7-12(15)8-6-11/h5-9,13H,4H2,1-3H3. The van der Waals surface area contributed by atoms with Crippen molar-refractivity contribution in [3.8, 4) is 0 Å². The third-order valence-electron chi connectivity index (χ3n) is 2.87. The summed E-state index contributed by atoms with van der Waals surface area (Å²) in [6.45, 7) is 5.25. The second-order valence-corrected chi connectivity index (χ2v) is 4.62. The molecule has 0 N–H and O–H groups in total. The smallest absolute Gasteiger partial charge is 0.317 e. The highest BCUT2D eigenvalue weighted by atomic mass is 35.5. The summed E-state index contributed by atoms with van der Waals surface area (Å²) in [5.74, 6) is -1.63. The van der Waals surface area contributed by atoms with Crippen LogP contribution in [-0.2, 0) is 14.3 Å². The Labute approximate surface area is 112 Å². The van der Waals surface area contributed by atoms with Gasteiger partial charge >= 0.3 is 5.97 Å². The molecule has 1 rings (SSSR count). The average molecular weight is 269 g/mol. The van der Waals surface area contributed by atoms with E-state index >= 15 is 0 Å². The molecule has 0 saturated heterocycles. The van der Waals surface area contributed by atoms with E-state index in [2.05, 4.69) is 0 Å². The SMILES string of the molecule is CCOC(=O)C(C(C)=O)C(C)c1ccc(Cl)cc1. The van der Waals surface area contributed by atoms with Crippen molar-refractivity contribution >= 4 is 23.4 Å². The fourth-order valence-corrected chi connectivity index (χ4v) is 2.04. The number of Topliss-reactive ketones (excluding diaryl/α,β-unsaturated/α-hetero) is 1. The lowest BCUT2D eigenvalue weighted by atomic mass is 9.85. The van der Waals surface area contributed by atoms with Crippen molar-refractivity contribution in [2.75, 3.05) is 6.61 Å². The Morgan fingerprint density at radius 2 is 1.83 bits per heavy atom. The third kappa shape index (κ3) is 3.57. The molecule has 1 aromatic carbocycles. The van der Waals surface area contributed by atoms with Crippen LogP contribution in [0.1, 0.15) is 32.3 Å². The summed E-state index contributed by atoms with van der Waals surface area (Å²) in [6, 6.07) is 7.13. The summed E-state index contributed by atoms with van der Waals surface area (Å²) < 4.78 is 4.95. The first-order valence-electron chi connectivity index (χ1n) is 5.90. The van der Waals surface area contributed by atoms with Crippen molar-refractivity contribution in [2.45, 2.75) is 26.7 Å². The molecule has 0 heterocycles. The number of hydrogen-bond donors (Lipinski definition) is 0. The molecular formula is C14H17ClO3. The maximum Gasteiger partial charge on any atom is 0.317 e. The molecule has 18 heavy (non-hydrogen) atoms. The quantitative estimate of drug-likeness (QED) is 0.608. The van der Waals surface area contributed by atoms with E-state index in [4.69, 9.17) is 16.3 Å². The number of carbonyl (C=O) groups is 2. The van der Waals surface area contributed by atoms with Crippen LogP contribution in [0.15, 0.2) is 24.3 Å². The van der Waals surface area contributed by atoms with Crippen molar-refractivity contribution in [3.05, 3.63) is 34.9 Å². The van der Waals surface area contributed by atoms with E-state index in [9.17, 15) is 9.59 Å². The molecule has 0 saturated carbocycles. The molecule has 4 heteroatoms. The van der Waals surface area contributed by atoms with Crippen LogP contribution >= 0.6 is 11.6 Å². The van der Waals surface area contributed by atoms with Gasteiger partial charge in [0.25, 0.3) is 0 Å². The summed E-state index contributed by atoms with van der Waals surface area (Å²) in [4.78, 5) is 23.4. The van der Waals surface area contributed by atoms with Crippen LogP contribution in [0.4, 0.5) is 0 Å². The topological polar surface area (TPSA) is 43.4 Å². The monoisotopic (exact) mass is 268 g/mol. The zero-order chi connectivity index (χ0) is 13.7. The van der Waals surface area contributed by atoms with E-state index in [0.717, 1.165) is 5.56 Å². The Bertz CT molecular complexity index is 425. The molecule has 98 valence electrons. The molecule has 2 unspecified atom stereocenters. The van der Waals surface area contributed by atoms with Crippen molar-refractivity contribution in [1.29, 1.82) is 0 Å². The number of ether oxygens (including phenoxy) is 1. The molecule has 1 aromatic rings. The van der Waals surface area contributed by atoms with Crippen LogP contribution in [-0.4, -0.2) is 18.4 Å². The van der Waals surface area contributed by atoms with E-state index < -0.39 is 11.9 Å². The van der Waals surface area contributed by atoms with Gasteiger partial charge in [-0.15, -0.1) is 0 Å².